The molecule has 0 aliphatic carbocycles. The van der Waals surface area contributed by atoms with Crippen molar-refractivity contribution in [2.75, 3.05) is 42.2 Å². The molecule has 2 aliphatic heterocycles. The molecule has 250 valence electrons. The van der Waals surface area contributed by atoms with Crippen LogP contribution in [0.5, 0.6) is 0 Å². The van der Waals surface area contributed by atoms with Crippen LogP contribution < -0.4 is 16.0 Å². The third-order valence-electron chi connectivity index (χ3n) is 7.31. The standard InChI is InChI=1S/C25H28F2N6O4S2.C2HF3O2/c26-18-4-1-5-19(27)21(18)22(35)23-24(28)31-25(38-23)30-15-8-11-32(12-9-15)39(36,37)17-6-7-20(29-13-17)33-10-2-3-16(33)14-34;3-2(4,5)1(6)7/h1,4-7,13,15-16,34H,2-3,8-12,14,28H2,(H,30,31);(H,6,7)/t16-;/m0./s1. The van der Waals surface area contributed by atoms with Crippen LogP contribution in [0.15, 0.2) is 41.4 Å². The number of carboxylic acid groups (broad SMARTS) is 1. The first-order valence-electron chi connectivity index (χ1n) is 13.8. The minimum absolute atomic E-state index is 0.00505. The fraction of sp³-hybridized carbons (Fsp3) is 0.407. The number of carbonyl (C=O) groups excluding carboxylic acids is 1. The van der Waals surface area contributed by atoms with Crippen molar-refractivity contribution >= 4 is 49.9 Å². The fourth-order valence-corrected chi connectivity index (χ4v) is 7.29. The Balaban J connectivity index is 0.000000617. The van der Waals surface area contributed by atoms with Gasteiger partial charge in [0.25, 0.3) is 0 Å². The summed E-state index contributed by atoms with van der Waals surface area (Å²) in [7, 11) is -3.74. The Kier molecular flexibility index (Phi) is 10.8. The highest BCUT2D eigenvalue weighted by molar-refractivity contribution is 7.89. The average molecular weight is 693 g/mol. The zero-order valence-corrected chi connectivity index (χ0v) is 25.5. The van der Waals surface area contributed by atoms with Gasteiger partial charge in [0.05, 0.1) is 18.2 Å². The van der Waals surface area contributed by atoms with Gasteiger partial charge in [0.2, 0.25) is 15.8 Å². The highest BCUT2D eigenvalue weighted by atomic mass is 32.2. The summed E-state index contributed by atoms with van der Waals surface area (Å²) in [6.45, 7) is 1.31. The number of aliphatic hydroxyl groups excluding tert-OH is 1. The molecule has 0 spiro atoms. The van der Waals surface area contributed by atoms with Crippen LogP contribution in [0, 0.1) is 11.6 Å². The molecule has 1 aromatic carbocycles. The molecule has 2 aromatic heterocycles. The van der Waals surface area contributed by atoms with E-state index in [-0.39, 0.29) is 47.4 Å². The normalized spacial score (nSPS) is 17.8. The molecule has 12 nitrogen and oxygen atoms in total. The third-order valence-corrected chi connectivity index (χ3v) is 10.2. The largest absolute Gasteiger partial charge is 0.490 e. The van der Waals surface area contributed by atoms with Crippen molar-refractivity contribution in [2.45, 2.75) is 48.8 Å². The molecule has 4 heterocycles. The van der Waals surface area contributed by atoms with Crippen molar-refractivity contribution in [2.24, 2.45) is 0 Å². The number of halogens is 5. The number of pyridine rings is 1. The van der Waals surface area contributed by atoms with Crippen LogP contribution in [0.3, 0.4) is 0 Å². The number of nitrogens with one attached hydrogen (secondary N) is 1. The van der Waals surface area contributed by atoms with Crippen molar-refractivity contribution in [3.63, 3.8) is 0 Å². The third kappa shape index (κ3) is 7.88. The number of aliphatic carboxylic acids is 1. The predicted molar refractivity (Wildman–Crippen MR) is 157 cm³/mol. The van der Waals surface area contributed by atoms with Gasteiger partial charge in [-0.15, -0.1) is 0 Å². The number of sulfonamides is 1. The predicted octanol–water partition coefficient (Wildman–Crippen LogP) is 3.49. The quantitative estimate of drug-likeness (QED) is 0.201. The number of nitrogens with zero attached hydrogens (tertiary/aromatic N) is 4. The molecule has 0 bridgehead atoms. The van der Waals surface area contributed by atoms with Crippen molar-refractivity contribution in [3.05, 3.63) is 58.6 Å². The molecule has 5 N–H and O–H groups in total. The number of rotatable bonds is 8. The summed E-state index contributed by atoms with van der Waals surface area (Å²) in [4.78, 5) is 32.1. The minimum Gasteiger partial charge on any atom is -0.475 e. The summed E-state index contributed by atoms with van der Waals surface area (Å²) >= 11 is 0.900. The fourth-order valence-electron chi connectivity index (χ4n) is 4.97. The van der Waals surface area contributed by atoms with Crippen LogP contribution in [0.1, 0.15) is 40.9 Å². The smallest absolute Gasteiger partial charge is 0.475 e. The van der Waals surface area contributed by atoms with E-state index in [1.165, 1.54) is 16.6 Å². The van der Waals surface area contributed by atoms with E-state index in [1.807, 2.05) is 4.90 Å². The van der Waals surface area contributed by atoms with Crippen LogP contribution in [0.2, 0.25) is 0 Å². The van der Waals surface area contributed by atoms with Gasteiger partial charge in [0.1, 0.15) is 33.0 Å². The molecule has 46 heavy (non-hydrogen) atoms. The van der Waals surface area contributed by atoms with Gasteiger partial charge in [-0.1, -0.05) is 17.4 Å². The van der Waals surface area contributed by atoms with E-state index in [2.05, 4.69) is 15.3 Å². The Hall–Kier alpha value is -3.94. The molecule has 1 atom stereocenters. The number of ketones is 1. The first kappa shape index (κ1) is 34.9. The number of piperidine rings is 1. The number of anilines is 3. The summed E-state index contributed by atoms with van der Waals surface area (Å²) in [6, 6.07) is 6.25. The van der Waals surface area contributed by atoms with E-state index in [4.69, 9.17) is 15.6 Å². The Morgan fingerprint density at radius 2 is 1.70 bits per heavy atom. The molecule has 2 saturated heterocycles. The summed E-state index contributed by atoms with van der Waals surface area (Å²) in [6.07, 6.45) is -0.957. The number of carboxylic acids is 1. The van der Waals surface area contributed by atoms with Gasteiger partial charge in [-0.25, -0.2) is 32.0 Å². The van der Waals surface area contributed by atoms with Gasteiger partial charge in [-0.05, 0) is 49.9 Å². The lowest BCUT2D eigenvalue weighted by Gasteiger charge is -2.31. The molecule has 0 radical (unpaired) electrons. The number of hydrogen-bond donors (Lipinski definition) is 4. The number of alkyl halides is 3. The van der Waals surface area contributed by atoms with E-state index < -0.39 is 45.2 Å². The second-order valence-electron chi connectivity index (χ2n) is 10.3. The van der Waals surface area contributed by atoms with Crippen molar-refractivity contribution in [1.29, 1.82) is 0 Å². The molecule has 19 heteroatoms. The SMILES string of the molecule is Nc1nc(NC2CCN(S(=O)(=O)c3ccc(N4CCC[C@H]4CO)nc3)CC2)sc1C(=O)c1c(F)cccc1F.O=C(O)C(F)(F)F. The molecule has 2 aliphatic rings. The second-order valence-corrected chi connectivity index (χ2v) is 13.2. The number of nitrogen functional groups attached to an aromatic ring is 1. The van der Waals surface area contributed by atoms with E-state index in [9.17, 15) is 40.3 Å². The van der Waals surface area contributed by atoms with Gasteiger partial charge < -0.3 is 26.2 Å². The maximum absolute atomic E-state index is 14.1. The van der Waals surface area contributed by atoms with E-state index in [0.29, 0.717) is 23.8 Å². The zero-order chi connectivity index (χ0) is 33.8. The summed E-state index contributed by atoms with van der Waals surface area (Å²) < 4.78 is 87.7. The van der Waals surface area contributed by atoms with E-state index in [1.54, 1.807) is 12.1 Å². The highest BCUT2D eigenvalue weighted by Gasteiger charge is 2.38. The van der Waals surface area contributed by atoms with Crippen LogP contribution in [0.4, 0.5) is 38.7 Å². The van der Waals surface area contributed by atoms with Gasteiger partial charge in [0, 0.05) is 31.9 Å². The number of hydrogen-bond acceptors (Lipinski definition) is 11. The Labute approximate surface area is 263 Å². The van der Waals surface area contributed by atoms with Crippen molar-refractivity contribution in [3.8, 4) is 0 Å². The summed E-state index contributed by atoms with van der Waals surface area (Å²) in [5.74, 6) is -5.09. The number of aliphatic hydroxyl groups is 1. The number of nitrogens with two attached hydrogens (primary N) is 1. The maximum Gasteiger partial charge on any atom is 0.490 e. The molecule has 5 rings (SSSR count). The number of thiazole rings is 1. The topological polar surface area (TPSA) is 179 Å². The van der Waals surface area contributed by atoms with Crippen LogP contribution in [-0.2, 0) is 14.8 Å². The first-order valence-corrected chi connectivity index (χ1v) is 16.0. The second kappa shape index (κ2) is 14.2. The molecular formula is C27H29F5N6O6S2. The average Bonchev–Trinajstić information content (AvgIpc) is 3.63. The van der Waals surface area contributed by atoms with Crippen molar-refractivity contribution in [1.82, 2.24) is 14.3 Å². The monoisotopic (exact) mass is 692 g/mol. The van der Waals surface area contributed by atoms with E-state index in [0.717, 1.165) is 42.9 Å². The van der Waals surface area contributed by atoms with Gasteiger partial charge in [0.15, 0.2) is 5.13 Å². The first-order chi connectivity index (χ1) is 21.6. The van der Waals surface area contributed by atoms with Crippen LogP contribution in [0.25, 0.3) is 0 Å². The lowest BCUT2D eigenvalue weighted by Crippen LogP contribution is -2.42. The van der Waals surface area contributed by atoms with Gasteiger partial charge in [-0.3, -0.25) is 4.79 Å². The number of aromatic nitrogens is 2. The summed E-state index contributed by atoms with van der Waals surface area (Å²) in [5, 5.41) is 20.2. The van der Waals surface area contributed by atoms with Crippen LogP contribution in [-0.4, -0.2) is 89.2 Å². The van der Waals surface area contributed by atoms with E-state index >= 15 is 0 Å². The molecule has 0 unspecified atom stereocenters. The Morgan fingerprint density at radius 1 is 1.07 bits per heavy atom. The van der Waals surface area contributed by atoms with Gasteiger partial charge in [-0.2, -0.15) is 17.5 Å². The van der Waals surface area contributed by atoms with Gasteiger partial charge >= 0.3 is 12.1 Å². The maximum atomic E-state index is 14.1. The number of carbonyl (C=O) groups is 2. The molecule has 0 amide bonds. The van der Waals surface area contributed by atoms with Crippen molar-refractivity contribution < 1.29 is 50.2 Å². The lowest BCUT2D eigenvalue weighted by atomic mass is 10.1. The molecule has 0 saturated carbocycles. The minimum atomic E-state index is -5.08. The Morgan fingerprint density at radius 3 is 2.24 bits per heavy atom. The summed E-state index contributed by atoms with van der Waals surface area (Å²) in [5.41, 5.74) is 5.19. The Bertz CT molecular complexity index is 1640. The molecular weight excluding hydrogens is 663 g/mol. The van der Waals surface area contributed by atoms with Crippen LogP contribution >= 0.6 is 11.3 Å². The molecule has 2 fully saturated rings. The highest BCUT2D eigenvalue weighted by Crippen LogP contribution is 2.31. The number of benzene rings is 1. The lowest BCUT2D eigenvalue weighted by molar-refractivity contribution is -0.192. The molecule has 3 aromatic rings. The zero-order valence-electron chi connectivity index (χ0n) is 23.9.